The van der Waals surface area contributed by atoms with Crippen LogP contribution in [0.25, 0.3) is 11.0 Å². The van der Waals surface area contributed by atoms with Crippen LogP contribution in [-0.2, 0) is 12.8 Å². The molecule has 0 unspecified atom stereocenters. The number of hydrogen-bond acceptors (Lipinski definition) is 5. The van der Waals surface area contributed by atoms with Gasteiger partial charge in [-0.3, -0.25) is 4.79 Å². The van der Waals surface area contributed by atoms with Gasteiger partial charge >= 0.3 is 5.63 Å². The number of para-hydroxylation sites is 1. The molecule has 0 aliphatic carbocycles. The van der Waals surface area contributed by atoms with Crippen LogP contribution in [-0.4, -0.2) is 10.9 Å². The van der Waals surface area contributed by atoms with Crippen LogP contribution >= 0.6 is 0 Å². The van der Waals surface area contributed by atoms with Crippen molar-refractivity contribution in [3.8, 4) is 5.75 Å². The zero-order valence-corrected chi connectivity index (χ0v) is 12.0. The summed E-state index contributed by atoms with van der Waals surface area (Å²) >= 11 is 0. The molecule has 2 heterocycles. The van der Waals surface area contributed by atoms with E-state index in [1.54, 1.807) is 36.4 Å². The smallest absolute Gasteiger partial charge is 0.351 e. The largest absolute Gasteiger partial charge is 0.506 e. The maximum absolute atomic E-state index is 12.3. The number of fused-ring (bicyclic) bond motifs is 1. The number of furan rings is 1. The van der Waals surface area contributed by atoms with Crippen LogP contribution in [0.4, 0.5) is 0 Å². The SMILES string of the molecule is CCc1ccc(CC(=O)c2c(O)c3ccccc3oc2=O)o1. The molecule has 0 spiro atoms. The van der Waals surface area contributed by atoms with Crippen LogP contribution in [0.5, 0.6) is 5.75 Å². The highest BCUT2D eigenvalue weighted by Crippen LogP contribution is 2.27. The summed E-state index contributed by atoms with van der Waals surface area (Å²) in [5.41, 5.74) is -0.940. The van der Waals surface area contributed by atoms with Crippen molar-refractivity contribution in [2.45, 2.75) is 19.8 Å². The van der Waals surface area contributed by atoms with Crippen LogP contribution in [0.3, 0.4) is 0 Å². The predicted molar refractivity (Wildman–Crippen MR) is 80.3 cm³/mol. The third-order valence-corrected chi connectivity index (χ3v) is 3.47. The van der Waals surface area contributed by atoms with E-state index in [0.29, 0.717) is 11.1 Å². The van der Waals surface area contributed by atoms with E-state index in [9.17, 15) is 14.7 Å². The van der Waals surface area contributed by atoms with Gasteiger partial charge in [0.05, 0.1) is 11.8 Å². The van der Waals surface area contributed by atoms with E-state index in [2.05, 4.69) is 0 Å². The molecular weight excluding hydrogens is 284 g/mol. The maximum atomic E-state index is 12.3. The van der Waals surface area contributed by atoms with E-state index in [0.717, 1.165) is 12.2 Å². The molecule has 0 saturated heterocycles. The lowest BCUT2D eigenvalue weighted by molar-refractivity contribution is 0.0980. The van der Waals surface area contributed by atoms with Crippen molar-refractivity contribution in [2.75, 3.05) is 0 Å². The quantitative estimate of drug-likeness (QED) is 0.591. The highest BCUT2D eigenvalue weighted by atomic mass is 16.4. The van der Waals surface area contributed by atoms with Crippen molar-refractivity contribution in [1.29, 1.82) is 0 Å². The summed E-state index contributed by atoms with van der Waals surface area (Å²) in [7, 11) is 0. The first-order chi connectivity index (χ1) is 10.6. The fourth-order valence-corrected chi connectivity index (χ4v) is 2.33. The number of ketones is 1. The molecular formula is C17H14O5. The lowest BCUT2D eigenvalue weighted by Gasteiger charge is -2.04. The van der Waals surface area contributed by atoms with Gasteiger partial charge in [0, 0.05) is 6.42 Å². The molecule has 0 saturated carbocycles. The van der Waals surface area contributed by atoms with E-state index < -0.39 is 11.4 Å². The van der Waals surface area contributed by atoms with Gasteiger partial charge in [0.1, 0.15) is 28.4 Å². The fourth-order valence-electron chi connectivity index (χ4n) is 2.33. The Bertz CT molecular complexity index is 901. The second-order valence-corrected chi connectivity index (χ2v) is 4.93. The maximum Gasteiger partial charge on any atom is 0.351 e. The standard InChI is InChI=1S/C17H14O5/c1-2-10-7-8-11(21-10)9-13(18)15-16(19)12-5-3-4-6-14(12)22-17(15)20/h3-8,19H,2,9H2,1H3. The summed E-state index contributed by atoms with van der Waals surface area (Å²) in [4.78, 5) is 24.3. The molecule has 112 valence electrons. The predicted octanol–water partition coefficient (Wildman–Crippen LogP) is 3.08. The van der Waals surface area contributed by atoms with Gasteiger partial charge in [-0.05, 0) is 24.3 Å². The normalized spacial score (nSPS) is 11.0. The molecule has 0 bridgehead atoms. The summed E-state index contributed by atoms with van der Waals surface area (Å²) in [6, 6.07) is 10.00. The number of rotatable bonds is 4. The molecule has 1 aromatic carbocycles. The molecule has 3 rings (SSSR count). The molecule has 22 heavy (non-hydrogen) atoms. The number of hydrogen-bond donors (Lipinski definition) is 1. The third kappa shape index (κ3) is 2.41. The summed E-state index contributed by atoms with van der Waals surface area (Å²) in [6.07, 6.45) is 0.619. The second kappa shape index (κ2) is 5.52. The monoisotopic (exact) mass is 298 g/mol. The fraction of sp³-hybridized carbons (Fsp3) is 0.176. The highest BCUT2D eigenvalue weighted by Gasteiger charge is 2.21. The number of benzene rings is 1. The Balaban J connectivity index is 2.02. The Hall–Kier alpha value is -2.82. The van der Waals surface area contributed by atoms with Gasteiger partial charge in [-0.15, -0.1) is 0 Å². The Morgan fingerprint density at radius 3 is 2.55 bits per heavy atom. The first kappa shape index (κ1) is 14.1. The molecule has 5 nitrogen and oxygen atoms in total. The molecule has 5 heteroatoms. The van der Waals surface area contributed by atoms with Crippen molar-refractivity contribution < 1.29 is 18.7 Å². The van der Waals surface area contributed by atoms with Crippen LogP contribution in [0, 0.1) is 0 Å². The van der Waals surface area contributed by atoms with E-state index in [1.165, 1.54) is 0 Å². The average molecular weight is 298 g/mol. The Labute approximate surface area is 125 Å². The second-order valence-electron chi connectivity index (χ2n) is 4.93. The Kier molecular flexibility index (Phi) is 3.55. The van der Waals surface area contributed by atoms with E-state index in [-0.39, 0.29) is 23.3 Å². The minimum absolute atomic E-state index is 0.101. The number of Topliss-reactive ketones (excluding diaryl/α,β-unsaturated/α-hetero) is 1. The Morgan fingerprint density at radius 2 is 1.82 bits per heavy atom. The number of carbonyl (C=O) groups excluding carboxylic acids is 1. The molecule has 0 amide bonds. The number of aromatic hydroxyl groups is 1. The van der Waals surface area contributed by atoms with Gasteiger partial charge in [0.15, 0.2) is 5.78 Å². The molecule has 0 aliphatic heterocycles. The van der Waals surface area contributed by atoms with Crippen LogP contribution in [0.15, 0.2) is 50.0 Å². The van der Waals surface area contributed by atoms with Crippen LogP contribution in [0.2, 0.25) is 0 Å². The molecule has 0 radical (unpaired) electrons. The molecule has 0 atom stereocenters. The van der Waals surface area contributed by atoms with Crippen molar-refractivity contribution >= 4 is 16.8 Å². The van der Waals surface area contributed by atoms with Gasteiger partial charge in [0.25, 0.3) is 0 Å². The van der Waals surface area contributed by atoms with E-state index in [1.807, 2.05) is 6.92 Å². The van der Waals surface area contributed by atoms with Crippen molar-refractivity contribution in [3.63, 3.8) is 0 Å². The van der Waals surface area contributed by atoms with Gasteiger partial charge in [-0.1, -0.05) is 19.1 Å². The summed E-state index contributed by atoms with van der Waals surface area (Å²) < 4.78 is 10.5. The lowest BCUT2D eigenvalue weighted by atomic mass is 10.1. The zero-order valence-electron chi connectivity index (χ0n) is 12.0. The highest BCUT2D eigenvalue weighted by molar-refractivity contribution is 6.03. The Morgan fingerprint density at radius 1 is 1.09 bits per heavy atom. The zero-order chi connectivity index (χ0) is 15.7. The summed E-state index contributed by atoms with van der Waals surface area (Å²) in [6.45, 7) is 1.94. The van der Waals surface area contributed by atoms with Crippen LogP contribution < -0.4 is 5.63 Å². The lowest BCUT2D eigenvalue weighted by Crippen LogP contribution is -2.16. The molecule has 2 aromatic heterocycles. The molecule has 0 aliphatic rings. The summed E-state index contributed by atoms with van der Waals surface area (Å²) in [5.74, 6) is 0.333. The third-order valence-electron chi connectivity index (χ3n) is 3.47. The van der Waals surface area contributed by atoms with Crippen molar-refractivity contribution in [3.05, 3.63) is 63.9 Å². The molecule has 3 aromatic rings. The van der Waals surface area contributed by atoms with Gasteiger partial charge < -0.3 is 13.9 Å². The van der Waals surface area contributed by atoms with E-state index in [4.69, 9.17) is 8.83 Å². The van der Waals surface area contributed by atoms with Gasteiger partial charge in [-0.25, -0.2) is 4.79 Å². The van der Waals surface area contributed by atoms with Gasteiger partial charge in [-0.2, -0.15) is 0 Å². The average Bonchev–Trinajstić information content (AvgIpc) is 2.95. The van der Waals surface area contributed by atoms with E-state index >= 15 is 0 Å². The first-order valence-corrected chi connectivity index (χ1v) is 6.95. The molecule has 1 N–H and O–H groups in total. The first-order valence-electron chi connectivity index (χ1n) is 6.95. The topological polar surface area (TPSA) is 80.6 Å². The molecule has 0 fully saturated rings. The minimum atomic E-state index is -0.844. The minimum Gasteiger partial charge on any atom is -0.506 e. The summed E-state index contributed by atoms with van der Waals surface area (Å²) in [5, 5.41) is 10.6. The number of aryl methyl sites for hydroxylation is 1. The van der Waals surface area contributed by atoms with Crippen molar-refractivity contribution in [2.24, 2.45) is 0 Å². The van der Waals surface area contributed by atoms with Crippen molar-refractivity contribution in [1.82, 2.24) is 0 Å². The van der Waals surface area contributed by atoms with Gasteiger partial charge in [0.2, 0.25) is 0 Å². The number of carbonyl (C=O) groups is 1. The van der Waals surface area contributed by atoms with Crippen LogP contribution in [0.1, 0.15) is 28.8 Å².